The summed E-state index contributed by atoms with van der Waals surface area (Å²) in [5.74, 6) is -0.537. The van der Waals surface area contributed by atoms with Gasteiger partial charge in [-0.1, -0.05) is 37.6 Å². The molecule has 0 radical (unpaired) electrons. The van der Waals surface area contributed by atoms with E-state index in [2.05, 4.69) is 10.6 Å². The Balaban J connectivity index is 2.12. The number of carbonyl (C=O) groups excluding carboxylic acids is 2. The highest BCUT2D eigenvalue weighted by Gasteiger charge is 2.25. The third kappa shape index (κ3) is 4.56. The van der Waals surface area contributed by atoms with Gasteiger partial charge >= 0.3 is 0 Å². The van der Waals surface area contributed by atoms with Crippen molar-refractivity contribution in [1.29, 1.82) is 0 Å². The molecule has 0 saturated carbocycles. The number of amides is 2. The van der Waals surface area contributed by atoms with Crippen molar-refractivity contribution >= 4 is 40.4 Å². The third-order valence-electron chi connectivity index (χ3n) is 3.44. The molecule has 0 aliphatic heterocycles. The van der Waals surface area contributed by atoms with Crippen molar-refractivity contribution in [3.05, 3.63) is 51.2 Å². The van der Waals surface area contributed by atoms with Crippen LogP contribution >= 0.6 is 22.9 Å². The molecule has 0 aliphatic carbocycles. The fraction of sp³-hybridized carbons (Fsp3) is 0.294. The molecular weight excluding hydrogens is 332 g/mol. The second-order valence-electron chi connectivity index (χ2n) is 5.62. The second-order valence-corrected chi connectivity index (χ2v) is 7.01. The number of carbonyl (C=O) groups is 2. The molecule has 122 valence electrons. The van der Waals surface area contributed by atoms with Crippen molar-refractivity contribution in [2.24, 2.45) is 5.92 Å². The Kier molecular flexibility index (Phi) is 5.80. The first-order valence-corrected chi connectivity index (χ1v) is 8.55. The molecule has 0 fully saturated rings. The first-order chi connectivity index (χ1) is 10.9. The molecule has 1 heterocycles. The van der Waals surface area contributed by atoms with Gasteiger partial charge in [0.15, 0.2) is 0 Å². The van der Waals surface area contributed by atoms with E-state index in [1.807, 2.05) is 32.2 Å². The summed E-state index contributed by atoms with van der Waals surface area (Å²) in [6, 6.07) is 8.23. The van der Waals surface area contributed by atoms with Gasteiger partial charge in [-0.15, -0.1) is 11.3 Å². The lowest BCUT2D eigenvalue weighted by Gasteiger charge is -2.22. The lowest BCUT2D eigenvalue weighted by Crippen LogP contribution is -2.47. The molecule has 23 heavy (non-hydrogen) atoms. The Labute approximate surface area is 144 Å². The lowest BCUT2D eigenvalue weighted by atomic mass is 10.0. The van der Waals surface area contributed by atoms with Crippen LogP contribution in [0.3, 0.4) is 0 Å². The third-order valence-corrected chi connectivity index (χ3v) is 4.54. The van der Waals surface area contributed by atoms with Gasteiger partial charge in [0.25, 0.3) is 5.91 Å². The zero-order valence-corrected chi connectivity index (χ0v) is 14.8. The van der Waals surface area contributed by atoms with E-state index in [0.717, 1.165) is 5.56 Å². The largest absolute Gasteiger partial charge is 0.339 e. The molecule has 6 heteroatoms. The Morgan fingerprint density at radius 2 is 1.96 bits per heavy atom. The lowest BCUT2D eigenvalue weighted by molar-refractivity contribution is -0.118. The molecule has 0 aliphatic rings. The van der Waals surface area contributed by atoms with Crippen LogP contribution in [-0.2, 0) is 4.79 Å². The zero-order chi connectivity index (χ0) is 17.0. The van der Waals surface area contributed by atoms with Crippen molar-refractivity contribution in [2.75, 3.05) is 5.32 Å². The molecule has 2 aromatic rings. The maximum atomic E-state index is 12.6. The van der Waals surface area contributed by atoms with Crippen LogP contribution in [0.4, 0.5) is 5.69 Å². The maximum absolute atomic E-state index is 12.6. The number of nitrogens with one attached hydrogen (secondary N) is 2. The molecule has 2 rings (SSSR count). The highest BCUT2D eigenvalue weighted by Crippen LogP contribution is 2.21. The zero-order valence-electron chi connectivity index (χ0n) is 13.2. The highest BCUT2D eigenvalue weighted by molar-refractivity contribution is 7.12. The van der Waals surface area contributed by atoms with Crippen LogP contribution in [0.2, 0.25) is 5.02 Å². The van der Waals surface area contributed by atoms with E-state index in [4.69, 9.17) is 11.6 Å². The van der Waals surface area contributed by atoms with E-state index in [1.54, 1.807) is 24.3 Å². The Morgan fingerprint density at radius 1 is 1.22 bits per heavy atom. The number of halogens is 1. The van der Waals surface area contributed by atoms with Crippen LogP contribution in [0.25, 0.3) is 0 Å². The molecule has 2 N–H and O–H groups in total. The number of rotatable bonds is 5. The monoisotopic (exact) mass is 350 g/mol. The fourth-order valence-corrected chi connectivity index (χ4v) is 2.89. The van der Waals surface area contributed by atoms with Crippen LogP contribution in [0.15, 0.2) is 35.7 Å². The standard InChI is InChI=1S/C17H19ClN2O2S/c1-10(2)15(20-16(21)14-5-4-8-23-14)17(22)19-13-9-12(18)7-6-11(13)3/h4-10,15H,1-3H3,(H,19,22)(H,20,21). The van der Waals surface area contributed by atoms with Crippen LogP contribution in [0.5, 0.6) is 0 Å². The van der Waals surface area contributed by atoms with Gasteiger partial charge in [0.05, 0.1) is 4.88 Å². The van der Waals surface area contributed by atoms with Crippen LogP contribution in [0.1, 0.15) is 29.1 Å². The number of hydrogen-bond donors (Lipinski definition) is 2. The van der Waals surface area contributed by atoms with Crippen LogP contribution in [-0.4, -0.2) is 17.9 Å². The normalized spacial score (nSPS) is 12.0. The topological polar surface area (TPSA) is 58.2 Å². The van der Waals surface area contributed by atoms with E-state index in [1.165, 1.54) is 11.3 Å². The summed E-state index contributed by atoms with van der Waals surface area (Å²) in [6.07, 6.45) is 0. The minimum Gasteiger partial charge on any atom is -0.339 e. The van der Waals surface area contributed by atoms with E-state index in [0.29, 0.717) is 15.6 Å². The number of anilines is 1. The first kappa shape index (κ1) is 17.5. The predicted octanol–water partition coefficient (Wildman–Crippen LogP) is 4.10. The first-order valence-electron chi connectivity index (χ1n) is 7.30. The Bertz CT molecular complexity index is 699. The van der Waals surface area contributed by atoms with E-state index < -0.39 is 6.04 Å². The molecule has 0 bridgehead atoms. The Hall–Kier alpha value is -1.85. The van der Waals surface area contributed by atoms with Crippen molar-refractivity contribution in [1.82, 2.24) is 5.32 Å². The van der Waals surface area contributed by atoms with E-state index in [9.17, 15) is 9.59 Å². The summed E-state index contributed by atoms with van der Waals surface area (Å²) < 4.78 is 0. The van der Waals surface area contributed by atoms with Gasteiger partial charge in [-0.2, -0.15) is 0 Å². The highest BCUT2D eigenvalue weighted by atomic mass is 35.5. The van der Waals surface area contributed by atoms with Gasteiger partial charge < -0.3 is 10.6 Å². The number of thiophene rings is 1. The average Bonchev–Trinajstić information content (AvgIpc) is 3.02. The molecule has 1 aromatic heterocycles. The fourth-order valence-electron chi connectivity index (χ4n) is 2.09. The second kappa shape index (κ2) is 7.62. The molecule has 2 amide bonds. The van der Waals surface area contributed by atoms with Crippen molar-refractivity contribution in [3.63, 3.8) is 0 Å². The van der Waals surface area contributed by atoms with Crippen molar-refractivity contribution in [2.45, 2.75) is 26.8 Å². The smallest absolute Gasteiger partial charge is 0.262 e. The van der Waals surface area contributed by atoms with E-state index in [-0.39, 0.29) is 17.7 Å². The predicted molar refractivity (Wildman–Crippen MR) is 95.2 cm³/mol. The van der Waals surface area contributed by atoms with Gasteiger partial charge in [0.1, 0.15) is 6.04 Å². The molecule has 1 atom stereocenters. The number of aryl methyl sites for hydroxylation is 1. The van der Waals surface area contributed by atoms with Crippen LogP contribution < -0.4 is 10.6 Å². The van der Waals surface area contributed by atoms with Gasteiger partial charge in [0.2, 0.25) is 5.91 Å². The van der Waals surface area contributed by atoms with Gasteiger partial charge in [-0.05, 0) is 42.0 Å². The molecular formula is C17H19ClN2O2S. The summed E-state index contributed by atoms with van der Waals surface area (Å²) in [5, 5.41) is 8.03. The van der Waals surface area contributed by atoms with Gasteiger partial charge in [0, 0.05) is 10.7 Å². The summed E-state index contributed by atoms with van der Waals surface area (Å²) in [6.45, 7) is 5.67. The molecule has 0 saturated heterocycles. The number of hydrogen-bond acceptors (Lipinski definition) is 3. The quantitative estimate of drug-likeness (QED) is 0.852. The Morgan fingerprint density at radius 3 is 2.57 bits per heavy atom. The minimum atomic E-state index is -0.622. The maximum Gasteiger partial charge on any atom is 0.262 e. The average molecular weight is 351 g/mol. The minimum absolute atomic E-state index is 0.0431. The van der Waals surface area contributed by atoms with Gasteiger partial charge in [-0.3, -0.25) is 9.59 Å². The number of benzene rings is 1. The van der Waals surface area contributed by atoms with Crippen LogP contribution in [0, 0.1) is 12.8 Å². The SMILES string of the molecule is Cc1ccc(Cl)cc1NC(=O)C(NC(=O)c1cccs1)C(C)C. The summed E-state index contributed by atoms with van der Waals surface area (Å²) >= 11 is 7.32. The molecule has 1 unspecified atom stereocenters. The van der Waals surface area contributed by atoms with Gasteiger partial charge in [-0.25, -0.2) is 0 Å². The summed E-state index contributed by atoms with van der Waals surface area (Å²) in [4.78, 5) is 25.3. The summed E-state index contributed by atoms with van der Waals surface area (Å²) in [7, 11) is 0. The molecule has 4 nitrogen and oxygen atoms in total. The summed E-state index contributed by atoms with van der Waals surface area (Å²) in [5.41, 5.74) is 1.56. The van der Waals surface area contributed by atoms with Crippen molar-refractivity contribution < 1.29 is 9.59 Å². The molecule has 1 aromatic carbocycles. The van der Waals surface area contributed by atoms with Crippen molar-refractivity contribution in [3.8, 4) is 0 Å². The van der Waals surface area contributed by atoms with E-state index >= 15 is 0 Å². The molecule has 0 spiro atoms.